The standard InChI is InChI=1S/C17H26O3/c1-5-6-7-8-14-11-16(19-3)15(10-9-13(2)18)17(12-14)20-4/h9-13,18H,5-8H2,1-4H3. The molecule has 0 aliphatic carbocycles. The minimum absolute atomic E-state index is 0.492. The molecule has 0 aromatic heterocycles. The van der Waals surface area contributed by atoms with Crippen molar-refractivity contribution in [1.82, 2.24) is 0 Å². The van der Waals surface area contributed by atoms with Crippen LogP contribution in [0.1, 0.15) is 44.2 Å². The Kier molecular flexibility index (Phi) is 7.16. The lowest BCUT2D eigenvalue weighted by Gasteiger charge is -2.13. The van der Waals surface area contributed by atoms with Crippen molar-refractivity contribution in [3.63, 3.8) is 0 Å². The van der Waals surface area contributed by atoms with Crippen LogP contribution in [0, 0.1) is 0 Å². The van der Waals surface area contributed by atoms with E-state index in [-0.39, 0.29) is 0 Å². The zero-order valence-electron chi connectivity index (χ0n) is 13.0. The second-order valence-electron chi connectivity index (χ2n) is 4.97. The molecule has 0 spiro atoms. The molecule has 0 heterocycles. The molecule has 0 aliphatic heterocycles. The van der Waals surface area contributed by atoms with Gasteiger partial charge in [0.2, 0.25) is 0 Å². The Morgan fingerprint density at radius 2 is 1.75 bits per heavy atom. The molecule has 0 aliphatic rings. The zero-order chi connectivity index (χ0) is 15.0. The maximum Gasteiger partial charge on any atom is 0.130 e. The van der Waals surface area contributed by atoms with Crippen molar-refractivity contribution in [2.45, 2.75) is 45.6 Å². The lowest BCUT2D eigenvalue weighted by atomic mass is 10.0. The molecule has 1 aromatic carbocycles. The summed E-state index contributed by atoms with van der Waals surface area (Å²) in [6, 6.07) is 4.11. The first-order valence-electron chi connectivity index (χ1n) is 7.23. The van der Waals surface area contributed by atoms with Crippen molar-refractivity contribution in [1.29, 1.82) is 0 Å². The van der Waals surface area contributed by atoms with E-state index in [1.54, 1.807) is 27.2 Å². The zero-order valence-corrected chi connectivity index (χ0v) is 13.0. The predicted molar refractivity (Wildman–Crippen MR) is 83.5 cm³/mol. The van der Waals surface area contributed by atoms with Gasteiger partial charge in [-0.2, -0.15) is 0 Å². The van der Waals surface area contributed by atoms with Crippen LogP contribution in [0.2, 0.25) is 0 Å². The molecular weight excluding hydrogens is 252 g/mol. The third-order valence-electron chi connectivity index (χ3n) is 3.21. The molecule has 1 unspecified atom stereocenters. The second-order valence-corrected chi connectivity index (χ2v) is 4.97. The van der Waals surface area contributed by atoms with E-state index in [2.05, 4.69) is 19.1 Å². The molecule has 112 valence electrons. The van der Waals surface area contributed by atoms with E-state index >= 15 is 0 Å². The molecule has 1 atom stereocenters. The number of aliphatic hydroxyl groups excluding tert-OH is 1. The van der Waals surface area contributed by atoms with Gasteiger partial charge in [-0.1, -0.05) is 25.8 Å². The highest BCUT2D eigenvalue weighted by atomic mass is 16.5. The fourth-order valence-corrected chi connectivity index (χ4v) is 2.12. The number of aryl methyl sites for hydroxylation is 1. The van der Waals surface area contributed by atoms with E-state index in [9.17, 15) is 5.11 Å². The number of hydrogen-bond donors (Lipinski definition) is 1. The van der Waals surface area contributed by atoms with Gasteiger partial charge in [0.1, 0.15) is 11.5 Å². The summed E-state index contributed by atoms with van der Waals surface area (Å²) in [5.41, 5.74) is 2.09. The summed E-state index contributed by atoms with van der Waals surface area (Å²) in [5, 5.41) is 9.37. The van der Waals surface area contributed by atoms with Crippen LogP contribution in [0.15, 0.2) is 18.2 Å². The highest BCUT2D eigenvalue weighted by molar-refractivity contribution is 5.65. The third kappa shape index (κ3) is 4.89. The van der Waals surface area contributed by atoms with E-state index in [0.29, 0.717) is 0 Å². The summed E-state index contributed by atoms with van der Waals surface area (Å²) >= 11 is 0. The van der Waals surface area contributed by atoms with Crippen LogP contribution in [0.3, 0.4) is 0 Å². The molecule has 0 amide bonds. The largest absolute Gasteiger partial charge is 0.496 e. The molecule has 1 N–H and O–H groups in total. The van der Waals surface area contributed by atoms with Crippen LogP contribution < -0.4 is 9.47 Å². The van der Waals surface area contributed by atoms with Gasteiger partial charge in [0.05, 0.1) is 25.9 Å². The number of unbranched alkanes of at least 4 members (excludes halogenated alkanes) is 2. The van der Waals surface area contributed by atoms with Crippen LogP contribution in [-0.2, 0) is 6.42 Å². The maximum absolute atomic E-state index is 9.37. The summed E-state index contributed by atoms with van der Waals surface area (Å²) < 4.78 is 10.9. The van der Waals surface area contributed by atoms with Crippen molar-refractivity contribution >= 4 is 6.08 Å². The van der Waals surface area contributed by atoms with E-state index in [0.717, 1.165) is 23.5 Å². The van der Waals surface area contributed by atoms with Gasteiger partial charge < -0.3 is 14.6 Å². The first-order chi connectivity index (χ1) is 9.62. The topological polar surface area (TPSA) is 38.7 Å². The van der Waals surface area contributed by atoms with Crippen LogP contribution in [-0.4, -0.2) is 25.4 Å². The summed E-state index contributed by atoms with van der Waals surface area (Å²) in [7, 11) is 3.31. The Hall–Kier alpha value is -1.48. The van der Waals surface area contributed by atoms with Crippen LogP contribution in [0.4, 0.5) is 0 Å². The first-order valence-corrected chi connectivity index (χ1v) is 7.23. The SMILES string of the molecule is CCCCCc1cc(OC)c(C=CC(C)O)c(OC)c1. The van der Waals surface area contributed by atoms with Gasteiger partial charge in [0.25, 0.3) is 0 Å². The molecule has 3 nitrogen and oxygen atoms in total. The number of methoxy groups -OCH3 is 2. The van der Waals surface area contributed by atoms with E-state index in [1.165, 1.54) is 24.8 Å². The Labute approximate surface area is 122 Å². The minimum Gasteiger partial charge on any atom is -0.496 e. The van der Waals surface area contributed by atoms with Crippen molar-refractivity contribution in [2.24, 2.45) is 0 Å². The van der Waals surface area contributed by atoms with Crippen LogP contribution >= 0.6 is 0 Å². The Morgan fingerprint density at radius 3 is 2.20 bits per heavy atom. The molecule has 0 saturated heterocycles. The lowest BCUT2D eigenvalue weighted by Crippen LogP contribution is -1.97. The van der Waals surface area contributed by atoms with Gasteiger partial charge in [-0.15, -0.1) is 0 Å². The fraction of sp³-hybridized carbons (Fsp3) is 0.529. The van der Waals surface area contributed by atoms with Gasteiger partial charge in [0.15, 0.2) is 0 Å². The normalized spacial score (nSPS) is 12.7. The molecular formula is C17H26O3. The van der Waals surface area contributed by atoms with Gasteiger partial charge in [-0.3, -0.25) is 0 Å². The Balaban J connectivity index is 3.04. The molecule has 20 heavy (non-hydrogen) atoms. The average molecular weight is 278 g/mol. The molecule has 1 aromatic rings. The average Bonchev–Trinajstić information content (AvgIpc) is 2.44. The monoisotopic (exact) mass is 278 g/mol. The van der Waals surface area contributed by atoms with E-state index in [1.807, 2.05) is 6.08 Å². The van der Waals surface area contributed by atoms with E-state index in [4.69, 9.17) is 9.47 Å². The molecule has 3 heteroatoms. The van der Waals surface area contributed by atoms with Crippen molar-refractivity contribution < 1.29 is 14.6 Å². The highest BCUT2D eigenvalue weighted by Crippen LogP contribution is 2.32. The number of rotatable bonds is 8. The molecule has 0 saturated carbocycles. The molecule has 0 bridgehead atoms. The number of benzene rings is 1. The molecule has 0 radical (unpaired) electrons. The van der Waals surface area contributed by atoms with Crippen molar-refractivity contribution in [2.75, 3.05) is 14.2 Å². The van der Waals surface area contributed by atoms with E-state index < -0.39 is 6.10 Å². The second kappa shape index (κ2) is 8.64. The van der Waals surface area contributed by atoms with Crippen LogP contribution in [0.5, 0.6) is 11.5 Å². The number of hydrogen-bond acceptors (Lipinski definition) is 3. The Bertz CT molecular complexity index is 411. The molecule has 1 rings (SSSR count). The van der Waals surface area contributed by atoms with Gasteiger partial charge in [0, 0.05) is 0 Å². The lowest BCUT2D eigenvalue weighted by molar-refractivity contribution is 0.245. The first kappa shape index (κ1) is 16.6. The third-order valence-corrected chi connectivity index (χ3v) is 3.21. The van der Waals surface area contributed by atoms with Gasteiger partial charge in [-0.25, -0.2) is 0 Å². The summed E-state index contributed by atoms with van der Waals surface area (Å²) in [6.07, 6.45) is 7.72. The molecule has 0 fully saturated rings. The highest BCUT2D eigenvalue weighted by Gasteiger charge is 2.10. The quantitative estimate of drug-likeness (QED) is 0.734. The summed E-state index contributed by atoms with van der Waals surface area (Å²) in [6.45, 7) is 3.92. The number of aliphatic hydroxyl groups is 1. The maximum atomic E-state index is 9.37. The summed E-state index contributed by atoms with van der Waals surface area (Å²) in [4.78, 5) is 0. The Morgan fingerprint density at radius 1 is 1.15 bits per heavy atom. The van der Waals surface area contributed by atoms with Gasteiger partial charge >= 0.3 is 0 Å². The minimum atomic E-state index is -0.492. The number of ether oxygens (including phenoxy) is 2. The van der Waals surface area contributed by atoms with Crippen LogP contribution in [0.25, 0.3) is 6.08 Å². The smallest absolute Gasteiger partial charge is 0.130 e. The fourth-order valence-electron chi connectivity index (χ4n) is 2.12. The van der Waals surface area contributed by atoms with Crippen molar-refractivity contribution in [3.8, 4) is 11.5 Å². The van der Waals surface area contributed by atoms with Gasteiger partial charge in [-0.05, 0) is 43.5 Å². The van der Waals surface area contributed by atoms with Crippen molar-refractivity contribution in [3.05, 3.63) is 29.3 Å². The predicted octanol–water partition coefficient (Wildman–Crippen LogP) is 3.83. The summed E-state index contributed by atoms with van der Waals surface area (Å²) in [5.74, 6) is 1.57.